The molecule has 0 spiro atoms. The van der Waals surface area contributed by atoms with Crippen LogP contribution in [0.3, 0.4) is 0 Å². The van der Waals surface area contributed by atoms with E-state index in [4.69, 9.17) is 10.2 Å². The van der Waals surface area contributed by atoms with Gasteiger partial charge in [0.25, 0.3) is 0 Å². The van der Waals surface area contributed by atoms with Crippen LogP contribution in [0, 0.1) is 0 Å². The van der Waals surface area contributed by atoms with Gasteiger partial charge < -0.3 is 10.2 Å². The maximum atomic E-state index is 11.6. The number of rotatable bonds is 3. The summed E-state index contributed by atoms with van der Waals surface area (Å²) in [7, 11) is 0. The van der Waals surface area contributed by atoms with Crippen molar-refractivity contribution >= 4 is 11.6 Å². The minimum absolute atomic E-state index is 0.0716. The van der Waals surface area contributed by atoms with Gasteiger partial charge in [0.1, 0.15) is 5.82 Å². The van der Waals surface area contributed by atoms with Gasteiger partial charge in [-0.05, 0) is 11.6 Å². The summed E-state index contributed by atoms with van der Waals surface area (Å²) in [4.78, 5) is 11.6. The summed E-state index contributed by atoms with van der Waals surface area (Å²) in [6.07, 6.45) is 4.77. The van der Waals surface area contributed by atoms with Crippen LogP contribution in [0.25, 0.3) is 0 Å². The van der Waals surface area contributed by atoms with Gasteiger partial charge in [0.05, 0.1) is 24.3 Å². The SMILES string of the molecule is Nc1[nH]ncc1C(=O)Cc1ccoc1. The van der Waals surface area contributed by atoms with E-state index < -0.39 is 0 Å². The first kappa shape index (κ1) is 8.55. The van der Waals surface area contributed by atoms with Crippen molar-refractivity contribution in [2.24, 2.45) is 0 Å². The Labute approximate surface area is 79.9 Å². The van der Waals surface area contributed by atoms with Crippen molar-refractivity contribution in [2.45, 2.75) is 6.42 Å². The molecule has 2 heterocycles. The Morgan fingerprint density at radius 2 is 2.50 bits per heavy atom. The van der Waals surface area contributed by atoms with Gasteiger partial charge in [-0.15, -0.1) is 0 Å². The van der Waals surface area contributed by atoms with E-state index >= 15 is 0 Å². The maximum Gasteiger partial charge on any atom is 0.172 e. The molecule has 0 radical (unpaired) electrons. The van der Waals surface area contributed by atoms with E-state index in [1.807, 2.05) is 0 Å². The van der Waals surface area contributed by atoms with Crippen molar-refractivity contribution in [1.29, 1.82) is 0 Å². The van der Waals surface area contributed by atoms with E-state index in [-0.39, 0.29) is 12.2 Å². The van der Waals surface area contributed by atoms with Crippen LogP contribution in [-0.4, -0.2) is 16.0 Å². The normalized spacial score (nSPS) is 10.3. The van der Waals surface area contributed by atoms with E-state index in [9.17, 15) is 4.79 Å². The molecule has 0 aromatic carbocycles. The summed E-state index contributed by atoms with van der Waals surface area (Å²) >= 11 is 0. The Morgan fingerprint density at radius 1 is 1.64 bits per heavy atom. The van der Waals surface area contributed by atoms with E-state index in [2.05, 4.69) is 10.2 Å². The zero-order chi connectivity index (χ0) is 9.97. The number of hydrogen-bond donors (Lipinski definition) is 2. The molecule has 5 nitrogen and oxygen atoms in total. The highest BCUT2D eigenvalue weighted by atomic mass is 16.3. The molecule has 0 unspecified atom stereocenters. The number of anilines is 1. The first-order valence-electron chi connectivity index (χ1n) is 4.10. The van der Waals surface area contributed by atoms with E-state index in [1.54, 1.807) is 6.07 Å². The second kappa shape index (κ2) is 3.37. The highest BCUT2D eigenvalue weighted by molar-refractivity contribution is 6.00. The van der Waals surface area contributed by atoms with Gasteiger partial charge >= 0.3 is 0 Å². The summed E-state index contributed by atoms with van der Waals surface area (Å²) in [6, 6.07) is 1.74. The largest absolute Gasteiger partial charge is 0.472 e. The zero-order valence-electron chi connectivity index (χ0n) is 7.36. The first-order chi connectivity index (χ1) is 6.77. The molecule has 0 aliphatic rings. The molecular weight excluding hydrogens is 182 g/mol. The quantitative estimate of drug-likeness (QED) is 0.709. The second-order valence-electron chi connectivity index (χ2n) is 2.93. The molecule has 0 saturated carbocycles. The molecule has 0 fully saturated rings. The van der Waals surface area contributed by atoms with E-state index in [0.29, 0.717) is 11.4 Å². The number of H-pyrrole nitrogens is 1. The molecule has 5 heteroatoms. The Balaban J connectivity index is 2.14. The number of nitrogen functional groups attached to an aromatic ring is 1. The van der Waals surface area contributed by atoms with Crippen LogP contribution in [0.1, 0.15) is 15.9 Å². The number of nitrogens with zero attached hydrogens (tertiary/aromatic N) is 1. The monoisotopic (exact) mass is 191 g/mol. The van der Waals surface area contributed by atoms with Crippen LogP contribution in [-0.2, 0) is 6.42 Å². The van der Waals surface area contributed by atoms with Crippen molar-refractivity contribution in [3.8, 4) is 0 Å². The molecule has 72 valence electrons. The molecule has 0 aliphatic carbocycles. The van der Waals surface area contributed by atoms with Crippen molar-refractivity contribution < 1.29 is 9.21 Å². The number of aromatic nitrogens is 2. The number of ketones is 1. The summed E-state index contributed by atoms with van der Waals surface area (Å²) < 4.78 is 4.86. The molecule has 0 bridgehead atoms. The highest BCUT2D eigenvalue weighted by Gasteiger charge is 2.12. The zero-order valence-corrected chi connectivity index (χ0v) is 7.36. The number of nitrogens with two attached hydrogens (primary N) is 1. The molecule has 2 aromatic rings. The number of Topliss-reactive ketones (excluding diaryl/α,β-unsaturated/α-hetero) is 1. The summed E-state index contributed by atoms with van der Waals surface area (Å²) in [6.45, 7) is 0. The van der Waals surface area contributed by atoms with Crippen LogP contribution in [0.2, 0.25) is 0 Å². The van der Waals surface area contributed by atoms with Crippen LogP contribution >= 0.6 is 0 Å². The van der Waals surface area contributed by atoms with Crippen molar-refractivity contribution in [1.82, 2.24) is 10.2 Å². The highest BCUT2D eigenvalue weighted by Crippen LogP contribution is 2.11. The minimum atomic E-state index is -0.0716. The van der Waals surface area contributed by atoms with Crippen LogP contribution < -0.4 is 5.73 Å². The Hall–Kier alpha value is -2.04. The lowest BCUT2D eigenvalue weighted by molar-refractivity contribution is 0.0993. The van der Waals surface area contributed by atoms with Crippen molar-refractivity contribution in [3.05, 3.63) is 35.9 Å². The third-order valence-electron chi connectivity index (χ3n) is 1.91. The number of carbonyl (C=O) groups excluding carboxylic acids is 1. The fraction of sp³-hybridized carbons (Fsp3) is 0.111. The van der Waals surface area contributed by atoms with E-state index in [0.717, 1.165) is 5.56 Å². The summed E-state index contributed by atoms with van der Waals surface area (Å²) in [5.41, 5.74) is 6.76. The Morgan fingerprint density at radius 3 is 3.07 bits per heavy atom. The fourth-order valence-electron chi connectivity index (χ4n) is 1.19. The molecule has 2 aromatic heterocycles. The predicted octanol–water partition coefficient (Wildman–Crippen LogP) is 1.01. The Bertz CT molecular complexity index is 431. The van der Waals surface area contributed by atoms with Gasteiger partial charge in [-0.2, -0.15) is 5.10 Å². The molecule has 2 rings (SSSR count). The lowest BCUT2D eigenvalue weighted by Gasteiger charge is -1.95. The van der Waals surface area contributed by atoms with E-state index in [1.165, 1.54) is 18.7 Å². The van der Waals surface area contributed by atoms with Gasteiger partial charge in [0.15, 0.2) is 5.78 Å². The first-order valence-corrected chi connectivity index (χ1v) is 4.10. The molecule has 0 aliphatic heterocycles. The maximum absolute atomic E-state index is 11.6. The van der Waals surface area contributed by atoms with Crippen LogP contribution in [0.5, 0.6) is 0 Å². The fourth-order valence-corrected chi connectivity index (χ4v) is 1.19. The molecule has 0 saturated heterocycles. The molecular formula is C9H9N3O2. The average Bonchev–Trinajstić information content (AvgIpc) is 2.75. The number of furan rings is 1. The number of hydrogen-bond acceptors (Lipinski definition) is 4. The van der Waals surface area contributed by atoms with Crippen molar-refractivity contribution in [3.63, 3.8) is 0 Å². The van der Waals surface area contributed by atoms with Gasteiger partial charge in [-0.1, -0.05) is 0 Å². The molecule has 0 amide bonds. The molecule has 0 atom stereocenters. The smallest absolute Gasteiger partial charge is 0.172 e. The second-order valence-corrected chi connectivity index (χ2v) is 2.93. The topological polar surface area (TPSA) is 84.9 Å². The molecule has 14 heavy (non-hydrogen) atoms. The minimum Gasteiger partial charge on any atom is -0.472 e. The van der Waals surface area contributed by atoms with Gasteiger partial charge in [-0.25, -0.2) is 0 Å². The lowest BCUT2D eigenvalue weighted by Crippen LogP contribution is -2.04. The predicted molar refractivity (Wildman–Crippen MR) is 49.7 cm³/mol. The summed E-state index contributed by atoms with van der Waals surface area (Å²) in [5.74, 6) is 0.233. The van der Waals surface area contributed by atoms with Crippen LogP contribution in [0.4, 0.5) is 5.82 Å². The van der Waals surface area contributed by atoms with Crippen molar-refractivity contribution in [2.75, 3.05) is 5.73 Å². The van der Waals surface area contributed by atoms with Gasteiger partial charge in [0.2, 0.25) is 0 Å². The third kappa shape index (κ3) is 1.52. The van der Waals surface area contributed by atoms with Gasteiger partial charge in [-0.3, -0.25) is 9.89 Å². The average molecular weight is 191 g/mol. The number of carbonyl (C=O) groups is 1. The third-order valence-corrected chi connectivity index (χ3v) is 1.91. The standard InChI is InChI=1S/C9H9N3O2/c10-9-7(4-11-12-9)8(13)3-6-1-2-14-5-6/h1-2,4-5H,3H2,(H3,10,11,12). The Kier molecular flexibility index (Phi) is 2.06. The summed E-state index contributed by atoms with van der Waals surface area (Å²) in [5, 5.41) is 6.19. The number of aromatic amines is 1. The van der Waals surface area contributed by atoms with Crippen LogP contribution in [0.15, 0.2) is 29.2 Å². The lowest BCUT2D eigenvalue weighted by atomic mass is 10.1. The number of nitrogens with one attached hydrogen (secondary N) is 1. The molecule has 3 N–H and O–H groups in total. The van der Waals surface area contributed by atoms with Gasteiger partial charge in [0, 0.05) is 6.42 Å².